The Labute approximate surface area is 54.9 Å². The van der Waals surface area contributed by atoms with Crippen LogP contribution in [0.5, 0.6) is 0 Å². The number of nitrogens with zero attached hydrogens (tertiary/aromatic N) is 1. The lowest BCUT2D eigenvalue weighted by Gasteiger charge is -1.85. The molecule has 0 saturated carbocycles. The molecule has 0 aliphatic carbocycles. The number of aromatic nitrogens is 1. The van der Waals surface area contributed by atoms with Gasteiger partial charge >= 0.3 is 0 Å². The van der Waals surface area contributed by atoms with Gasteiger partial charge in [-0.15, -0.1) is 0 Å². The second-order valence-electron chi connectivity index (χ2n) is 2.11. The van der Waals surface area contributed by atoms with Crippen LogP contribution in [0.15, 0.2) is 10.6 Å². The summed E-state index contributed by atoms with van der Waals surface area (Å²) in [6.45, 7) is 4.02. The largest absolute Gasteiger partial charge is 0.446 e. The van der Waals surface area contributed by atoms with Crippen LogP contribution < -0.4 is 0 Å². The van der Waals surface area contributed by atoms with E-state index in [-0.39, 0.29) is 0 Å². The van der Waals surface area contributed by atoms with Gasteiger partial charge in [-0.1, -0.05) is 6.92 Å². The van der Waals surface area contributed by atoms with Gasteiger partial charge in [-0.2, -0.15) is 0 Å². The highest BCUT2D eigenvalue weighted by molar-refractivity contribution is 4.90. The molecule has 0 unspecified atom stereocenters. The van der Waals surface area contributed by atoms with Gasteiger partial charge in [-0.05, 0) is 13.3 Å². The van der Waals surface area contributed by atoms with Crippen molar-refractivity contribution >= 4 is 0 Å². The summed E-state index contributed by atoms with van der Waals surface area (Å²) in [5.41, 5.74) is 0. The van der Waals surface area contributed by atoms with E-state index in [9.17, 15) is 0 Å². The van der Waals surface area contributed by atoms with E-state index in [1.54, 1.807) is 6.20 Å². The fraction of sp³-hybridized carbons (Fsp3) is 0.571. The van der Waals surface area contributed by atoms with Gasteiger partial charge in [0.1, 0.15) is 5.76 Å². The van der Waals surface area contributed by atoms with Gasteiger partial charge in [0.15, 0.2) is 5.89 Å². The normalized spacial score (nSPS) is 10.0. The Morgan fingerprint density at radius 3 is 2.89 bits per heavy atom. The van der Waals surface area contributed by atoms with Crippen LogP contribution in [0.1, 0.15) is 25.0 Å². The van der Waals surface area contributed by atoms with Gasteiger partial charge in [0.25, 0.3) is 0 Å². The molecule has 0 aliphatic rings. The van der Waals surface area contributed by atoms with Crippen molar-refractivity contribution in [1.82, 2.24) is 4.98 Å². The summed E-state index contributed by atoms with van der Waals surface area (Å²) in [5, 5.41) is 0. The molecular weight excluding hydrogens is 114 g/mol. The maximum absolute atomic E-state index is 5.21. The summed E-state index contributed by atoms with van der Waals surface area (Å²) in [7, 11) is 0. The lowest BCUT2D eigenvalue weighted by atomic mass is 10.3. The molecule has 0 radical (unpaired) electrons. The third-order valence-electron chi connectivity index (χ3n) is 1.13. The Balaban J connectivity index is 2.61. The first-order valence-corrected chi connectivity index (χ1v) is 3.24. The Kier molecular flexibility index (Phi) is 1.88. The van der Waals surface area contributed by atoms with Crippen LogP contribution >= 0.6 is 0 Å². The molecule has 0 fully saturated rings. The van der Waals surface area contributed by atoms with E-state index in [1.165, 1.54) is 0 Å². The van der Waals surface area contributed by atoms with Crippen molar-refractivity contribution in [3.8, 4) is 0 Å². The minimum atomic E-state index is 0.856. The van der Waals surface area contributed by atoms with Crippen molar-refractivity contribution in [2.75, 3.05) is 0 Å². The van der Waals surface area contributed by atoms with Crippen molar-refractivity contribution in [1.29, 1.82) is 0 Å². The monoisotopic (exact) mass is 125 g/mol. The highest BCUT2D eigenvalue weighted by Crippen LogP contribution is 2.02. The molecule has 0 aliphatic heterocycles. The summed E-state index contributed by atoms with van der Waals surface area (Å²) >= 11 is 0. The predicted molar refractivity (Wildman–Crippen MR) is 35.2 cm³/mol. The van der Waals surface area contributed by atoms with Crippen LogP contribution in [-0.4, -0.2) is 4.98 Å². The molecule has 0 spiro atoms. The third-order valence-corrected chi connectivity index (χ3v) is 1.13. The first kappa shape index (κ1) is 6.33. The van der Waals surface area contributed by atoms with E-state index in [4.69, 9.17) is 4.42 Å². The molecule has 0 N–H and O–H groups in total. The number of aryl methyl sites for hydroxylation is 2. The molecule has 9 heavy (non-hydrogen) atoms. The molecule has 0 saturated heterocycles. The van der Waals surface area contributed by atoms with E-state index in [2.05, 4.69) is 11.9 Å². The Morgan fingerprint density at radius 2 is 2.44 bits per heavy atom. The first-order chi connectivity index (χ1) is 4.33. The minimum Gasteiger partial charge on any atom is -0.446 e. The highest BCUT2D eigenvalue weighted by atomic mass is 16.3. The second-order valence-corrected chi connectivity index (χ2v) is 2.11. The number of oxazole rings is 1. The molecule has 1 rings (SSSR count). The highest BCUT2D eigenvalue weighted by Gasteiger charge is 1.95. The van der Waals surface area contributed by atoms with Crippen LogP contribution in [0, 0.1) is 6.92 Å². The van der Waals surface area contributed by atoms with Crippen molar-refractivity contribution < 1.29 is 4.42 Å². The van der Waals surface area contributed by atoms with Crippen LogP contribution in [0.3, 0.4) is 0 Å². The molecule has 1 aromatic rings. The minimum absolute atomic E-state index is 0.856. The second kappa shape index (κ2) is 2.67. The maximum Gasteiger partial charge on any atom is 0.194 e. The number of hydrogen-bond donors (Lipinski definition) is 0. The Hall–Kier alpha value is -0.790. The summed E-state index contributed by atoms with van der Waals surface area (Å²) < 4.78 is 5.21. The zero-order valence-electron chi connectivity index (χ0n) is 5.85. The van der Waals surface area contributed by atoms with Crippen molar-refractivity contribution in [2.24, 2.45) is 0 Å². The number of hydrogen-bond acceptors (Lipinski definition) is 2. The fourth-order valence-electron chi connectivity index (χ4n) is 0.731. The lowest BCUT2D eigenvalue weighted by Crippen LogP contribution is -1.79. The van der Waals surface area contributed by atoms with Gasteiger partial charge in [0, 0.05) is 6.42 Å². The first-order valence-electron chi connectivity index (χ1n) is 3.24. The third kappa shape index (κ3) is 1.56. The van der Waals surface area contributed by atoms with E-state index in [1.807, 2.05) is 6.92 Å². The van der Waals surface area contributed by atoms with Crippen LogP contribution in [-0.2, 0) is 6.42 Å². The summed E-state index contributed by atoms with van der Waals surface area (Å²) in [6, 6.07) is 0. The molecule has 2 heteroatoms. The zero-order valence-corrected chi connectivity index (χ0v) is 5.85. The molecule has 0 amide bonds. The maximum atomic E-state index is 5.21. The SMILES string of the molecule is CCCc1ncc(C)o1. The molecule has 0 bridgehead atoms. The van der Waals surface area contributed by atoms with Crippen LogP contribution in [0.4, 0.5) is 0 Å². The molecule has 50 valence electrons. The molecule has 2 nitrogen and oxygen atoms in total. The van der Waals surface area contributed by atoms with E-state index < -0.39 is 0 Å². The fourth-order valence-corrected chi connectivity index (χ4v) is 0.731. The molecule has 0 aromatic carbocycles. The van der Waals surface area contributed by atoms with Crippen LogP contribution in [0.2, 0.25) is 0 Å². The van der Waals surface area contributed by atoms with Gasteiger partial charge in [-0.25, -0.2) is 4.98 Å². The van der Waals surface area contributed by atoms with Crippen molar-refractivity contribution in [3.63, 3.8) is 0 Å². The quantitative estimate of drug-likeness (QED) is 0.603. The van der Waals surface area contributed by atoms with E-state index in [0.717, 1.165) is 24.5 Å². The van der Waals surface area contributed by atoms with Gasteiger partial charge in [0.05, 0.1) is 6.20 Å². The molecular formula is C7H11NO. The molecule has 0 atom stereocenters. The zero-order chi connectivity index (χ0) is 6.69. The Bertz CT molecular complexity index is 181. The summed E-state index contributed by atoms with van der Waals surface area (Å²) in [4.78, 5) is 4.04. The van der Waals surface area contributed by atoms with Gasteiger partial charge in [-0.3, -0.25) is 0 Å². The van der Waals surface area contributed by atoms with E-state index >= 15 is 0 Å². The van der Waals surface area contributed by atoms with Crippen molar-refractivity contribution in [2.45, 2.75) is 26.7 Å². The molecule has 1 heterocycles. The lowest BCUT2D eigenvalue weighted by molar-refractivity contribution is 0.468. The Morgan fingerprint density at radius 1 is 1.67 bits per heavy atom. The average molecular weight is 125 g/mol. The predicted octanol–water partition coefficient (Wildman–Crippen LogP) is 1.94. The van der Waals surface area contributed by atoms with Crippen LogP contribution in [0.25, 0.3) is 0 Å². The van der Waals surface area contributed by atoms with E-state index in [0.29, 0.717) is 0 Å². The van der Waals surface area contributed by atoms with Gasteiger partial charge in [0.2, 0.25) is 0 Å². The van der Waals surface area contributed by atoms with Gasteiger partial charge < -0.3 is 4.42 Å². The smallest absolute Gasteiger partial charge is 0.194 e. The summed E-state index contributed by atoms with van der Waals surface area (Å²) in [5.74, 6) is 1.76. The number of rotatable bonds is 2. The average Bonchev–Trinajstić information content (AvgIpc) is 2.17. The standard InChI is InChI=1S/C7H11NO/c1-3-4-7-8-5-6(2)9-7/h5H,3-4H2,1-2H3. The topological polar surface area (TPSA) is 26.0 Å². The molecule has 1 aromatic heterocycles. The summed E-state index contributed by atoms with van der Waals surface area (Å²) in [6.07, 6.45) is 3.80. The van der Waals surface area contributed by atoms with Crippen molar-refractivity contribution in [3.05, 3.63) is 17.8 Å².